The molecule has 2 aliphatic rings. The van der Waals surface area contributed by atoms with Crippen molar-refractivity contribution in [3.63, 3.8) is 0 Å². The van der Waals surface area contributed by atoms with Gasteiger partial charge < -0.3 is 16.0 Å². The normalized spacial score (nSPS) is 16.4. The molecule has 2 aromatic heterocycles. The quantitative estimate of drug-likeness (QED) is 0.207. The van der Waals surface area contributed by atoms with Crippen molar-refractivity contribution in [2.24, 2.45) is 0 Å². The molecule has 1 saturated heterocycles. The SMILES string of the molecule is O=C1NC(=O)/C(=C/c2cnn3c(NC4CC4)nc(NCc4ccccc4-c4cccc(C(F)(F)F)c4)nc23)N1. The first kappa shape index (κ1) is 24.4. The van der Waals surface area contributed by atoms with Gasteiger partial charge in [-0.2, -0.15) is 32.8 Å². The van der Waals surface area contributed by atoms with E-state index in [0.717, 1.165) is 30.5 Å². The second-order valence-corrected chi connectivity index (χ2v) is 9.18. The van der Waals surface area contributed by atoms with Crippen molar-refractivity contribution in [2.75, 3.05) is 10.6 Å². The van der Waals surface area contributed by atoms with Gasteiger partial charge in [0.1, 0.15) is 5.70 Å². The second-order valence-electron chi connectivity index (χ2n) is 9.18. The fraction of sp³-hybridized carbons (Fsp3) is 0.192. The van der Waals surface area contributed by atoms with Gasteiger partial charge in [0.25, 0.3) is 5.91 Å². The van der Waals surface area contributed by atoms with Gasteiger partial charge in [0.15, 0.2) is 5.65 Å². The standard InChI is InChI=1S/C26H21F3N8O2/c27-26(28,29)17-6-3-5-14(10-17)19-7-2-1-4-15(19)12-30-23-34-21-16(11-20-22(38)35-25(39)33-20)13-31-37(21)24(36-23)32-18-8-9-18/h1-7,10-11,13,18H,8-9,12H2,(H2,30,32,34,36)(H2,33,35,38,39)/b20-11-. The van der Waals surface area contributed by atoms with Crippen LogP contribution in [0.3, 0.4) is 0 Å². The molecule has 198 valence electrons. The number of urea groups is 1. The number of fused-ring (bicyclic) bond motifs is 1. The number of aromatic nitrogens is 4. The summed E-state index contributed by atoms with van der Waals surface area (Å²) in [4.78, 5) is 32.7. The number of benzene rings is 2. The molecule has 3 amide bonds. The smallest absolute Gasteiger partial charge is 0.351 e. The Kier molecular flexibility index (Phi) is 5.89. The number of hydrogen-bond donors (Lipinski definition) is 4. The average molecular weight is 535 g/mol. The number of rotatable bonds is 7. The Bertz CT molecular complexity index is 1640. The van der Waals surface area contributed by atoms with Gasteiger partial charge in [-0.3, -0.25) is 10.1 Å². The van der Waals surface area contributed by atoms with Crippen LogP contribution < -0.4 is 21.3 Å². The van der Waals surface area contributed by atoms with E-state index in [0.29, 0.717) is 28.3 Å². The van der Waals surface area contributed by atoms with Crippen molar-refractivity contribution >= 4 is 35.6 Å². The lowest BCUT2D eigenvalue weighted by atomic mass is 9.98. The van der Waals surface area contributed by atoms with Crippen LogP contribution in [0.5, 0.6) is 0 Å². The van der Waals surface area contributed by atoms with E-state index < -0.39 is 23.7 Å². The Hall–Kier alpha value is -4.94. The fourth-order valence-corrected chi connectivity index (χ4v) is 4.21. The first-order valence-corrected chi connectivity index (χ1v) is 12.1. The van der Waals surface area contributed by atoms with E-state index >= 15 is 0 Å². The number of nitrogens with zero attached hydrogens (tertiary/aromatic N) is 4. The van der Waals surface area contributed by atoms with Crippen LogP contribution in [-0.4, -0.2) is 37.6 Å². The molecule has 1 aliphatic carbocycles. The number of nitrogens with one attached hydrogen (secondary N) is 4. The monoisotopic (exact) mass is 534 g/mol. The predicted molar refractivity (Wildman–Crippen MR) is 136 cm³/mol. The van der Waals surface area contributed by atoms with Crippen molar-refractivity contribution < 1.29 is 22.8 Å². The molecule has 2 aromatic carbocycles. The van der Waals surface area contributed by atoms with E-state index in [4.69, 9.17) is 0 Å². The number of anilines is 2. The highest BCUT2D eigenvalue weighted by molar-refractivity contribution is 6.14. The number of hydrogen-bond acceptors (Lipinski definition) is 7. The van der Waals surface area contributed by atoms with Gasteiger partial charge >= 0.3 is 12.2 Å². The van der Waals surface area contributed by atoms with Crippen LogP contribution in [0.1, 0.15) is 29.5 Å². The summed E-state index contributed by atoms with van der Waals surface area (Å²) in [5.74, 6) is 0.138. The molecule has 39 heavy (non-hydrogen) atoms. The van der Waals surface area contributed by atoms with Crippen molar-refractivity contribution in [2.45, 2.75) is 31.6 Å². The third kappa shape index (κ3) is 5.10. The first-order valence-electron chi connectivity index (χ1n) is 12.1. The lowest BCUT2D eigenvalue weighted by Gasteiger charge is -2.14. The van der Waals surface area contributed by atoms with E-state index in [1.165, 1.54) is 22.9 Å². The second kappa shape index (κ2) is 9.42. The van der Waals surface area contributed by atoms with Crippen LogP contribution in [0.2, 0.25) is 0 Å². The van der Waals surface area contributed by atoms with Crippen molar-refractivity contribution in [3.8, 4) is 11.1 Å². The maximum atomic E-state index is 13.3. The van der Waals surface area contributed by atoms with Crippen LogP contribution in [0, 0.1) is 0 Å². The molecule has 2 fully saturated rings. The van der Waals surface area contributed by atoms with Crippen LogP contribution in [0.25, 0.3) is 22.9 Å². The number of halogens is 3. The summed E-state index contributed by atoms with van der Waals surface area (Å²) >= 11 is 0. The van der Waals surface area contributed by atoms with Gasteiger partial charge in [-0.15, -0.1) is 0 Å². The number of carbonyl (C=O) groups excluding carboxylic acids is 2. The topological polar surface area (TPSA) is 125 Å². The van der Waals surface area contributed by atoms with Crippen molar-refractivity contribution in [3.05, 3.63) is 77.1 Å². The fourth-order valence-electron chi connectivity index (χ4n) is 4.21. The third-order valence-corrected chi connectivity index (χ3v) is 6.28. The predicted octanol–water partition coefficient (Wildman–Crippen LogP) is 4.18. The molecule has 13 heteroatoms. The highest BCUT2D eigenvalue weighted by Gasteiger charge is 2.30. The molecule has 4 N–H and O–H groups in total. The summed E-state index contributed by atoms with van der Waals surface area (Å²) in [6, 6.07) is 12.0. The zero-order valence-corrected chi connectivity index (χ0v) is 20.2. The van der Waals surface area contributed by atoms with Gasteiger partial charge in [0.2, 0.25) is 11.9 Å². The van der Waals surface area contributed by atoms with Gasteiger partial charge in [-0.1, -0.05) is 36.4 Å². The molecule has 1 saturated carbocycles. The maximum absolute atomic E-state index is 13.3. The summed E-state index contributed by atoms with van der Waals surface area (Å²) in [6.45, 7) is 0.231. The van der Waals surface area contributed by atoms with E-state index in [-0.39, 0.29) is 24.2 Å². The largest absolute Gasteiger partial charge is 0.416 e. The minimum atomic E-state index is -4.45. The van der Waals surface area contributed by atoms with E-state index in [1.807, 2.05) is 6.07 Å². The molecule has 0 unspecified atom stereocenters. The van der Waals surface area contributed by atoms with Gasteiger partial charge in [-0.05, 0) is 47.7 Å². The molecule has 0 atom stereocenters. The lowest BCUT2D eigenvalue weighted by molar-refractivity contribution is -0.137. The molecule has 6 rings (SSSR count). The molecular formula is C26H21F3N8O2. The molecule has 0 spiro atoms. The molecule has 1 aliphatic heterocycles. The van der Waals surface area contributed by atoms with E-state index in [9.17, 15) is 22.8 Å². The zero-order chi connectivity index (χ0) is 27.1. The molecule has 0 bridgehead atoms. The van der Waals surface area contributed by atoms with Gasteiger partial charge in [0, 0.05) is 18.2 Å². The van der Waals surface area contributed by atoms with Crippen LogP contribution in [0.15, 0.2) is 60.4 Å². The van der Waals surface area contributed by atoms with Crippen molar-refractivity contribution in [1.29, 1.82) is 0 Å². The summed E-state index contributed by atoms with van der Waals surface area (Å²) < 4.78 is 41.4. The summed E-state index contributed by atoms with van der Waals surface area (Å²) in [7, 11) is 0. The maximum Gasteiger partial charge on any atom is 0.416 e. The average Bonchev–Trinajstić information content (AvgIpc) is 3.55. The molecule has 3 heterocycles. The Morgan fingerprint density at radius 3 is 2.62 bits per heavy atom. The summed E-state index contributed by atoms with van der Waals surface area (Å²) in [6.07, 6.45) is 0.520. The summed E-state index contributed by atoms with van der Waals surface area (Å²) in [5, 5.41) is 15.4. The number of amides is 3. The van der Waals surface area contributed by atoms with Gasteiger partial charge in [0.05, 0.1) is 11.8 Å². The lowest BCUT2D eigenvalue weighted by Crippen LogP contribution is -2.22. The minimum absolute atomic E-state index is 0.0646. The third-order valence-electron chi connectivity index (χ3n) is 6.28. The van der Waals surface area contributed by atoms with Crippen LogP contribution >= 0.6 is 0 Å². The Balaban J connectivity index is 1.33. The number of carbonyl (C=O) groups is 2. The zero-order valence-electron chi connectivity index (χ0n) is 20.2. The Labute approximate surface area is 219 Å². The van der Waals surface area contributed by atoms with Gasteiger partial charge in [-0.25, -0.2) is 4.79 Å². The van der Waals surface area contributed by atoms with Crippen LogP contribution in [0.4, 0.5) is 29.9 Å². The minimum Gasteiger partial charge on any atom is -0.351 e. The van der Waals surface area contributed by atoms with E-state index in [2.05, 4.69) is 36.3 Å². The van der Waals surface area contributed by atoms with Crippen LogP contribution in [-0.2, 0) is 17.5 Å². The molecule has 4 aromatic rings. The highest BCUT2D eigenvalue weighted by atomic mass is 19.4. The highest BCUT2D eigenvalue weighted by Crippen LogP contribution is 2.33. The van der Waals surface area contributed by atoms with Crippen molar-refractivity contribution in [1.82, 2.24) is 30.2 Å². The summed E-state index contributed by atoms with van der Waals surface area (Å²) in [5.41, 5.74) is 2.05. The Morgan fingerprint density at radius 2 is 1.87 bits per heavy atom. The van der Waals surface area contributed by atoms with E-state index in [1.54, 1.807) is 24.3 Å². The Morgan fingerprint density at radius 1 is 1.05 bits per heavy atom. The molecular weight excluding hydrogens is 513 g/mol. The first-order chi connectivity index (χ1) is 18.7. The number of alkyl halides is 3. The number of imide groups is 1. The molecule has 0 radical (unpaired) electrons. The molecule has 10 nitrogen and oxygen atoms in total.